The molecule has 0 aliphatic rings. The molecule has 0 saturated carbocycles. The Morgan fingerprint density at radius 2 is 1.86 bits per heavy atom. The second-order valence-electron chi connectivity index (χ2n) is 5.22. The van der Waals surface area contributed by atoms with E-state index in [9.17, 15) is 8.96 Å². The predicted molar refractivity (Wildman–Crippen MR) is 85.5 cm³/mol. The van der Waals surface area contributed by atoms with Gasteiger partial charge in [-0.1, -0.05) is 23.7 Å². The van der Waals surface area contributed by atoms with Gasteiger partial charge in [-0.3, -0.25) is 4.57 Å². The van der Waals surface area contributed by atoms with Gasteiger partial charge in [0.1, 0.15) is 12.0 Å². The minimum absolute atomic E-state index is 0.312. The van der Waals surface area contributed by atoms with Crippen LogP contribution in [0.5, 0.6) is 0 Å². The third-order valence-electron chi connectivity index (χ3n) is 2.26. The van der Waals surface area contributed by atoms with E-state index in [2.05, 4.69) is 0 Å². The maximum Gasteiger partial charge on any atom is 0.337 e. The normalized spacial score (nSPS) is 13.2. The molecule has 0 heterocycles. The Morgan fingerprint density at radius 1 is 1.29 bits per heavy atom. The molecule has 0 bridgehead atoms. The van der Waals surface area contributed by atoms with Crippen LogP contribution in [-0.4, -0.2) is 18.4 Å². The van der Waals surface area contributed by atoms with Crippen molar-refractivity contribution in [1.29, 1.82) is 0 Å². The fourth-order valence-electron chi connectivity index (χ4n) is 1.75. The zero-order valence-corrected chi connectivity index (χ0v) is 14.3. The summed E-state index contributed by atoms with van der Waals surface area (Å²) in [4.78, 5) is 0. The first kappa shape index (κ1) is 18.4. The van der Waals surface area contributed by atoms with Crippen LogP contribution < -0.4 is 0 Å². The maximum absolute atomic E-state index is 14.1. The average molecular weight is 335 g/mol. The summed E-state index contributed by atoms with van der Waals surface area (Å²) in [5.41, 5.74) is 0.598. The second kappa shape index (κ2) is 8.09. The van der Waals surface area contributed by atoms with Gasteiger partial charge in [0, 0.05) is 5.02 Å². The molecule has 0 amide bonds. The van der Waals surface area contributed by atoms with E-state index in [0.717, 1.165) is 0 Å². The van der Waals surface area contributed by atoms with Crippen LogP contribution in [0.15, 0.2) is 30.1 Å². The fourth-order valence-corrected chi connectivity index (χ4v) is 3.89. The lowest BCUT2D eigenvalue weighted by molar-refractivity contribution is 0.143. The molecule has 0 atom stereocenters. The van der Waals surface area contributed by atoms with Crippen molar-refractivity contribution in [2.75, 3.05) is 6.16 Å². The van der Waals surface area contributed by atoms with Gasteiger partial charge >= 0.3 is 7.60 Å². The summed E-state index contributed by atoms with van der Waals surface area (Å²) in [7, 11) is -3.51. The molecule has 0 aliphatic heterocycles. The van der Waals surface area contributed by atoms with Crippen LogP contribution in [0, 0.1) is 0 Å². The molecule has 6 heteroatoms. The van der Waals surface area contributed by atoms with E-state index in [0.29, 0.717) is 10.6 Å². The Bertz CT molecular complexity index is 529. The summed E-state index contributed by atoms with van der Waals surface area (Å²) in [5.74, 6) is -0.568. The minimum Gasteiger partial charge on any atom is -0.306 e. The number of halogens is 2. The number of rotatable bonds is 7. The van der Waals surface area contributed by atoms with Gasteiger partial charge in [0.25, 0.3) is 0 Å². The highest BCUT2D eigenvalue weighted by Gasteiger charge is 2.29. The van der Waals surface area contributed by atoms with E-state index in [1.807, 2.05) is 0 Å². The molecule has 0 fully saturated rings. The summed E-state index contributed by atoms with van der Waals surface area (Å²) in [6, 6.07) is 6.75. The van der Waals surface area contributed by atoms with Crippen LogP contribution in [0.3, 0.4) is 0 Å². The van der Waals surface area contributed by atoms with E-state index in [1.165, 1.54) is 6.08 Å². The molecule has 118 valence electrons. The smallest absolute Gasteiger partial charge is 0.306 e. The summed E-state index contributed by atoms with van der Waals surface area (Å²) >= 11 is 5.84. The Hall–Kier alpha value is -0.670. The van der Waals surface area contributed by atoms with Crippen LogP contribution in [0.2, 0.25) is 5.02 Å². The van der Waals surface area contributed by atoms with Crippen molar-refractivity contribution in [2.45, 2.75) is 39.9 Å². The van der Waals surface area contributed by atoms with Crippen LogP contribution in [-0.2, 0) is 13.6 Å². The van der Waals surface area contributed by atoms with Crippen molar-refractivity contribution >= 4 is 25.3 Å². The lowest BCUT2D eigenvalue weighted by atomic mass is 10.2. The van der Waals surface area contributed by atoms with E-state index in [-0.39, 0.29) is 12.2 Å². The Balaban J connectivity index is 2.89. The van der Waals surface area contributed by atoms with Gasteiger partial charge in [0.15, 0.2) is 0 Å². The monoisotopic (exact) mass is 334 g/mol. The highest BCUT2D eigenvalue weighted by atomic mass is 35.5. The van der Waals surface area contributed by atoms with Gasteiger partial charge in [-0.25, -0.2) is 4.39 Å². The minimum atomic E-state index is -3.51. The van der Waals surface area contributed by atoms with E-state index >= 15 is 0 Å². The number of benzene rings is 1. The molecule has 3 nitrogen and oxygen atoms in total. The zero-order chi connectivity index (χ0) is 16.0. The summed E-state index contributed by atoms with van der Waals surface area (Å²) in [6.45, 7) is 6.92. The van der Waals surface area contributed by atoms with Gasteiger partial charge < -0.3 is 9.05 Å². The first-order valence-corrected chi connectivity index (χ1v) is 8.88. The first-order valence-electron chi connectivity index (χ1n) is 6.77. The van der Waals surface area contributed by atoms with E-state index < -0.39 is 19.6 Å². The van der Waals surface area contributed by atoms with Crippen LogP contribution in [0.1, 0.15) is 33.3 Å². The standard InChI is InChI=1S/C15H21ClFO3P/c1-11(2)19-21(18,20-12(3)4)10-15(17)9-13-6-5-7-14(16)8-13/h5-9,11-12H,10H2,1-4H3/b15-9-. The quantitative estimate of drug-likeness (QED) is 0.600. The molecule has 0 aromatic heterocycles. The Kier molecular flexibility index (Phi) is 7.08. The lowest BCUT2D eigenvalue weighted by Gasteiger charge is -2.22. The maximum atomic E-state index is 14.1. The van der Waals surface area contributed by atoms with Gasteiger partial charge in [-0.2, -0.15) is 0 Å². The van der Waals surface area contributed by atoms with Gasteiger partial charge in [-0.15, -0.1) is 0 Å². The molecular weight excluding hydrogens is 314 g/mol. The van der Waals surface area contributed by atoms with Crippen LogP contribution in [0.25, 0.3) is 6.08 Å². The van der Waals surface area contributed by atoms with Crippen molar-refractivity contribution in [3.05, 3.63) is 40.7 Å². The fraction of sp³-hybridized carbons (Fsp3) is 0.467. The SMILES string of the molecule is CC(C)OP(=O)(C/C(F)=C/c1cccc(Cl)c1)OC(C)C. The van der Waals surface area contributed by atoms with Crippen molar-refractivity contribution in [1.82, 2.24) is 0 Å². The molecule has 1 rings (SSSR count). The molecular formula is C15H21ClFO3P. The topological polar surface area (TPSA) is 35.5 Å². The van der Waals surface area contributed by atoms with Gasteiger partial charge in [-0.05, 0) is 51.5 Å². The van der Waals surface area contributed by atoms with Crippen molar-refractivity contribution < 1.29 is 18.0 Å². The highest BCUT2D eigenvalue weighted by Crippen LogP contribution is 2.52. The highest BCUT2D eigenvalue weighted by molar-refractivity contribution is 7.54. The molecule has 0 unspecified atom stereocenters. The Morgan fingerprint density at radius 3 is 2.33 bits per heavy atom. The summed E-state index contributed by atoms with van der Waals surface area (Å²) in [6.07, 6.45) is 0.268. The largest absolute Gasteiger partial charge is 0.337 e. The third-order valence-corrected chi connectivity index (χ3v) is 4.67. The van der Waals surface area contributed by atoms with Gasteiger partial charge in [0.2, 0.25) is 0 Å². The summed E-state index contributed by atoms with van der Waals surface area (Å²) in [5, 5.41) is 0.511. The molecule has 1 aromatic carbocycles. The first-order chi connectivity index (χ1) is 9.70. The predicted octanol–water partition coefficient (Wildman–Crippen LogP) is 5.69. The molecule has 1 aromatic rings. The van der Waals surface area contributed by atoms with Crippen molar-refractivity contribution in [3.8, 4) is 0 Å². The number of hydrogen-bond donors (Lipinski definition) is 0. The molecule has 21 heavy (non-hydrogen) atoms. The molecule has 0 N–H and O–H groups in total. The van der Waals surface area contributed by atoms with Crippen LogP contribution in [0.4, 0.5) is 4.39 Å². The number of hydrogen-bond acceptors (Lipinski definition) is 3. The molecule has 0 aliphatic carbocycles. The van der Waals surface area contributed by atoms with Crippen LogP contribution >= 0.6 is 19.2 Å². The molecule has 0 radical (unpaired) electrons. The second-order valence-corrected chi connectivity index (χ2v) is 7.62. The molecule has 0 saturated heterocycles. The van der Waals surface area contributed by atoms with Crippen molar-refractivity contribution in [2.24, 2.45) is 0 Å². The van der Waals surface area contributed by atoms with E-state index in [4.69, 9.17) is 20.6 Å². The van der Waals surface area contributed by atoms with Gasteiger partial charge in [0.05, 0.1) is 12.2 Å². The number of allylic oxidation sites excluding steroid dienone is 1. The lowest BCUT2D eigenvalue weighted by Crippen LogP contribution is -2.10. The Labute approximate surface area is 130 Å². The zero-order valence-electron chi connectivity index (χ0n) is 12.7. The van der Waals surface area contributed by atoms with E-state index in [1.54, 1.807) is 52.0 Å². The third kappa shape index (κ3) is 7.23. The summed E-state index contributed by atoms with van der Waals surface area (Å²) < 4.78 is 37.3. The van der Waals surface area contributed by atoms with Crippen molar-refractivity contribution in [3.63, 3.8) is 0 Å². The average Bonchev–Trinajstić information content (AvgIpc) is 2.24. The molecule has 0 spiro atoms.